The second-order valence-corrected chi connectivity index (χ2v) is 3.96. The topological polar surface area (TPSA) is 129 Å². The summed E-state index contributed by atoms with van der Waals surface area (Å²) in [4.78, 5) is 14.5. The molecule has 0 saturated carbocycles. The number of pyridine rings is 1. The third kappa shape index (κ3) is 4.22. The van der Waals surface area contributed by atoms with Crippen LogP contribution in [0.15, 0.2) is 24.5 Å². The minimum atomic E-state index is -1.38. The first-order valence-electron chi connectivity index (χ1n) is 5.80. The molecule has 2 heterocycles. The van der Waals surface area contributed by atoms with Crippen molar-refractivity contribution in [1.82, 2.24) is 4.98 Å². The Kier molecular flexibility index (Phi) is 6.49. The zero-order valence-electron chi connectivity index (χ0n) is 10.8. The van der Waals surface area contributed by atoms with Gasteiger partial charge in [-0.15, -0.1) is 0 Å². The Morgan fingerprint density at radius 3 is 2.45 bits per heavy atom. The summed E-state index contributed by atoms with van der Waals surface area (Å²) in [5.41, 5.74) is 0.477. The molecule has 1 unspecified atom stereocenters. The fourth-order valence-corrected chi connectivity index (χ4v) is 1.48. The van der Waals surface area contributed by atoms with E-state index in [-0.39, 0.29) is 5.97 Å². The van der Waals surface area contributed by atoms with Gasteiger partial charge in [0, 0.05) is 12.4 Å². The first-order valence-corrected chi connectivity index (χ1v) is 5.80. The molecule has 1 aliphatic rings. The van der Waals surface area contributed by atoms with Gasteiger partial charge in [0.15, 0.2) is 6.29 Å². The second-order valence-electron chi connectivity index (χ2n) is 3.96. The molecule has 1 aromatic rings. The van der Waals surface area contributed by atoms with Crippen molar-refractivity contribution in [3.8, 4) is 0 Å². The minimum Gasteiger partial charge on any atom is -0.465 e. The van der Waals surface area contributed by atoms with Crippen LogP contribution in [-0.4, -0.2) is 69.7 Å². The number of esters is 1. The SMILES string of the molecule is COC(=O)c1cccnc1.OC[C@H]1OC(O)[C@H](O)[C@@H]1O. The van der Waals surface area contributed by atoms with Gasteiger partial charge in [-0.2, -0.15) is 0 Å². The van der Waals surface area contributed by atoms with Gasteiger partial charge < -0.3 is 29.9 Å². The van der Waals surface area contributed by atoms with Crippen LogP contribution in [0.5, 0.6) is 0 Å². The van der Waals surface area contributed by atoms with Crippen molar-refractivity contribution in [2.45, 2.75) is 24.6 Å². The van der Waals surface area contributed by atoms with Crippen LogP contribution >= 0.6 is 0 Å². The number of carbonyl (C=O) groups excluding carboxylic acids is 1. The Balaban J connectivity index is 0.000000200. The van der Waals surface area contributed by atoms with Crippen molar-refractivity contribution in [1.29, 1.82) is 0 Å². The van der Waals surface area contributed by atoms with Gasteiger partial charge in [-0.3, -0.25) is 4.98 Å². The maximum absolute atomic E-state index is 10.8. The van der Waals surface area contributed by atoms with Crippen LogP contribution in [0.2, 0.25) is 0 Å². The van der Waals surface area contributed by atoms with E-state index in [2.05, 4.69) is 14.5 Å². The van der Waals surface area contributed by atoms with E-state index in [4.69, 9.17) is 20.4 Å². The summed E-state index contributed by atoms with van der Waals surface area (Å²) in [6, 6.07) is 3.34. The van der Waals surface area contributed by atoms with E-state index in [0.29, 0.717) is 5.56 Å². The van der Waals surface area contributed by atoms with Crippen LogP contribution < -0.4 is 0 Å². The lowest BCUT2D eigenvalue weighted by molar-refractivity contribution is -0.132. The molecule has 0 bridgehead atoms. The molecular weight excluding hydrogens is 270 g/mol. The van der Waals surface area contributed by atoms with Crippen LogP contribution in [0, 0.1) is 0 Å². The Labute approximate surface area is 115 Å². The van der Waals surface area contributed by atoms with Crippen LogP contribution in [0.25, 0.3) is 0 Å². The number of carbonyl (C=O) groups is 1. The van der Waals surface area contributed by atoms with Gasteiger partial charge in [-0.1, -0.05) is 0 Å². The van der Waals surface area contributed by atoms with E-state index in [1.807, 2.05) is 0 Å². The number of ether oxygens (including phenoxy) is 2. The number of methoxy groups -OCH3 is 1. The van der Waals surface area contributed by atoms with Crippen LogP contribution in [0.4, 0.5) is 0 Å². The highest BCUT2D eigenvalue weighted by Crippen LogP contribution is 2.18. The Bertz CT molecular complexity index is 414. The third-order valence-electron chi connectivity index (χ3n) is 2.60. The van der Waals surface area contributed by atoms with Gasteiger partial charge in [-0.25, -0.2) is 4.79 Å². The normalized spacial score (nSPS) is 28.4. The van der Waals surface area contributed by atoms with Crippen molar-refractivity contribution in [3.05, 3.63) is 30.1 Å². The molecule has 0 spiro atoms. The molecule has 1 fully saturated rings. The molecule has 112 valence electrons. The van der Waals surface area contributed by atoms with E-state index in [1.165, 1.54) is 13.3 Å². The average Bonchev–Trinajstić information content (AvgIpc) is 2.75. The van der Waals surface area contributed by atoms with Gasteiger partial charge in [0.05, 0.1) is 19.3 Å². The maximum atomic E-state index is 10.8. The number of hydrogen-bond acceptors (Lipinski definition) is 8. The molecule has 20 heavy (non-hydrogen) atoms. The molecule has 1 saturated heterocycles. The van der Waals surface area contributed by atoms with Crippen molar-refractivity contribution in [3.63, 3.8) is 0 Å². The highest BCUT2D eigenvalue weighted by molar-refractivity contribution is 5.88. The van der Waals surface area contributed by atoms with Gasteiger partial charge >= 0.3 is 5.97 Å². The van der Waals surface area contributed by atoms with Crippen LogP contribution in [0.1, 0.15) is 10.4 Å². The molecule has 4 atom stereocenters. The van der Waals surface area contributed by atoms with E-state index in [0.717, 1.165) is 0 Å². The number of hydrogen-bond donors (Lipinski definition) is 4. The van der Waals surface area contributed by atoms with Crippen molar-refractivity contribution >= 4 is 5.97 Å². The lowest BCUT2D eigenvalue weighted by Crippen LogP contribution is -2.33. The lowest BCUT2D eigenvalue weighted by Gasteiger charge is -2.09. The molecule has 2 rings (SSSR count). The number of rotatable bonds is 2. The van der Waals surface area contributed by atoms with E-state index < -0.39 is 31.2 Å². The van der Waals surface area contributed by atoms with E-state index >= 15 is 0 Å². The third-order valence-corrected chi connectivity index (χ3v) is 2.60. The van der Waals surface area contributed by atoms with Gasteiger partial charge in [0.2, 0.25) is 0 Å². The zero-order valence-corrected chi connectivity index (χ0v) is 10.8. The number of nitrogens with zero attached hydrogens (tertiary/aromatic N) is 1. The zero-order chi connectivity index (χ0) is 15.1. The first kappa shape index (κ1) is 16.5. The number of aliphatic hydroxyl groups excluding tert-OH is 4. The predicted molar refractivity (Wildman–Crippen MR) is 65.6 cm³/mol. The Morgan fingerprint density at radius 2 is 2.10 bits per heavy atom. The van der Waals surface area contributed by atoms with Crippen molar-refractivity contribution in [2.24, 2.45) is 0 Å². The van der Waals surface area contributed by atoms with Crippen molar-refractivity contribution < 1.29 is 34.7 Å². The van der Waals surface area contributed by atoms with Gasteiger partial charge in [0.1, 0.15) is 18.3 Å². The van der Waals surface area contributed by atoms with Crippen molar-refractivity contribution in [2.75, 3.05) is 13.7 Å². The highest BCUT2D eigenvalue weighted by atomic mass is 16.6. The molecule has 1 aliphatic heterocycles. The maximum Gasteiger partial charge on any atom is 0.339 e. The summed E-state index contributed by atoms with van der Waals surface area (Å²) in [7, 11) is 1.34. The molecule has 4 N–H and O–H groups in total. The molecular formula is C12H17NO7. The summed E-state index contributed by atoms with van der Waals surface area (Å²) >= 11 is 0. The number of aliphatic hydroxyl groups is 4. The average molecular weight is 287 g/mol. The summed E-state index contributed by atoms with van der Waals surface area (Å²) in [5, 5.41) is 35.0. The first-order chi connectivity index (χ1) is 9.51. The highest BCUT2D eigenvalue weighted by Gasteiger charge is 2.41. The van der Waals surface area contributed by atoms with Gasteiger partial charge in [0.25, 0.3) is 0 Å². The predicted octanol–water partition coefficient (Wildman–Crippen LogP) is -1.71. The molecule has 1 aromatic heterocycles. The minimum absolute atomic E-state index is 0.354. The fourth-order valence-electron chi connectivity index (χ4n) is 1.48. The summed E-state index contributed by atoms with van der Waals surface area (Å²) in [6.07, 6.45) is -1.69. The molecule has 8 heteroatoms. The Morgan fingerprint density at radius 1 is 1.40 bits per heavy atom. The molecule has 0 radical (unpaired) electrons. The largest absolute Gasteiger partial charge is 0.465 e. The van der Waals surface area contributed by atoms with Crippen LogP contribution in [-0.2, 0) is 9.47 Å². The standard InChI is InChI=1S/C7H7NO2.C5H10O5/c1-10-7(9)6-3-2-4-8-5-6;6-1-2-3(7)4(8)5(9)10-2/h2-5H,1H3;2-9H,1H2/t;2-,3-,4-,5?/m.1/s1. The molecule has 0 aliphatic carbocycles. The van der Waals surface area contributed by atoms with Crippen LogP contribution in [0.3, 0.4) is 0 Å². The second kappa shape index (κ2) is 7.88. The molecule has 0 aromatic carbocycles. The summed E-state index contributed by atoms with van der Waals surface area (Å²) in [5.74, 6) is -0.354. The van der Waals surface area contributed by atoms with E-state index in [1.54, 1.807) is 18.3 Å². The summed E-state index contributed by atoms with van der Waals surface area (Å²) < 4.78 is 9.00. The number of aromatic nitrogens is 1. The smallest absolute Gasteiger partial charge is 0.339 e. The summed E-state index contributed by atoms with van der Waals surface area (Å²) in [6.45, 7) is -0.407. The Hall–Kier alpha value is -1.58. The lowest BCUT2D eigenvalue weighted by atomic mass is 10.1. The molecule has 8 nitrogen and oxygen atoms in total. The quantitative estimate of drug-likeness (QED) is 0.473. The monoisotopic (exact) mass is 287 g/mol. The van der Waals surface area contributed by atoms with Gasteiger partial charge in [-0.05, 0) is 12.1 Å². The fraction of sp³-hybridized carbons (Fsp3) is 0.500. The molecule has 0 amide bonds. The van der Waals surface area contributed by atoms with E-state index in [9.17, 15) is 4.79 Å².